The van der Waals surface area contributed by atoms with E-state index in [2.05, 4.69) is 4.72 Å². The standard InChI is InChI=1S/C20H23ClN2O5S2/c1-29(25,26)13-11-19(22-30(27,28)18-8-6-17(21)7-9-18)20(24)23-12-10-15-4-2-3-5-16(15)14-23/h2-9,19,22H,10-14H2,1H3/t19-/m1/s1. The van der Waals surface area contributed by atoms with Crippen molar-refractivity contribution < 1.29 is 21.6 Å². The zero-order valence-electron chi connectivity index (χ0n) is 16.4. The molecule has 1 N–H and O–H groups in total. The van der Waals surface area contributed by atoms with Crippen LogP contribution in [0.4, 0.5) is 0 Å². The van der Waals surface area contributed by atoms with Gasteiger partial charge >= 0.3 is 0 Å². The minimum absolute atomic E-state index is 0.0481. The van der Waals surface area contributed by atoms with Gasteiger partial charge in [0.1, 0.15) is 15.9 Å². The van der Waals surface area contributed by atoms with E-state index in [1.54, 1.807) is 4.90 Å². The molecule has 1 heterocycles. The highest BCUT2D eigenvalue weighted by molar-refractivity contribution is 7.90. The number of halogens is 1. The third-order valence-corrected chi connectivity index (χ3v) is 7.66. The van der Waals surface area contributed by atoms with Gasteiger partial charge < -0.3 is 4.90 Å². The van der Waals surface area contributed by atoms with Crippen molar-refractivity contribution in [3.05, 3.63) is 64.7 Å². The second kappa shape index (κ2) is 9.05. The van der Waals surface area contributed by atoms with Crippen LogP contribution in [0.5, 0.6) is 0 Å². The van der Waals surface area contributed by atoms with Gasteiger partial charge in [0, 0.05) is 24.4 Å². The van der Waals surface area contributed by atoms with Gasteiger partial charge in [-0.2, -0.15) is 4.72 Å². The largest absolute Gasteiger partial charge is 0.337 e. The van der Waals surface area contributed by atoms with Crippen LogP contribution in [0.15, 0.2) is 53.4 Å². The smallest absolute Gasteiger partial charge is 0.241 e. The molecule has 7 nitrogen and oxygen atoms in total. The van der Waals surface area contributed by atoms with Crippen LogP contribution < -0.4 is 4.72 Å². The molecular weight excluding hydrogens is 448 g/mol. The summed E-state index contributed by atoms with van der Waals surface area (Å²) >= 11 is 5.82. The first-order valence-corrected chi connectivity index (χ1v) is 13.3. The number of carbonyl (C=O) groups is 1. The fourth-order valence-corrected chi connectivity index (χ4v) is 5.35. The van der Waals surface area contributed by atoms with Crippen molar-refractivity contribution >= 4 is 37.4 Å². The minimum atomic E-state index is -4.04. The molecule has 3 rings (SSSR count). The molecule has 0 fully saturated rings. The Hall–Kier alpha value is -1.94. The van der Waals surface area contributed by atoms with Crippen LogP contribution in [0.25, 0.3) is 0 Å². The van der Waals surface area contributed by atoms with Gasteiger partial charge in [0.25, 0.3) is 0 Å². The number of carbonyl (C=O) groups excluding carboxylic acids is 1. The third-order valence-electron chi connectivity index (χ3n) is 4.94. The summed E-state index contributed by atoms with van der Waals surface area (Å²) in [5.41, 5.74) is 2.15. The molecule has 0 radical (unpaired) electrons. The maximum Gasteiger partial charge on any atom is 0.241 e. The molecule has 0 aromatic heterocycles. The topological polar surface area (TPSA) is 101 Å². The van der Waals surface area contributed by atoms with Crippen molar-refractivity contribution in [2.45, 2.75) is 30.3 Å². The summed E-state index contributed by atoms with van der Waals surface area (Å²) in [6.07, 6.45) is 1.56. The Labute approximate surface area is 182 Å². The number of hydrogen-bond acceptors (Lipinski definition) is 5. The first kappa shape index (κ1) is 22.7. The highest BCUT2D eigenvalue weighted by Gasteiger charge is 2.31. The SMILES string of the molecule is CS(=O)(=O)CC[C@@H](NS(=O)(=O)c1ccc(Cl)cc1)C(=O)N1CCc2ccccc2C1. The molecule has 2 aromatic rings. The number of rotatable bonds is 7. The molecule has 0 spiro atoms. The zero-order valence-corrected chi connectivity index (χ0v) is 18.8. The van der Waals surface area contributed by atoms with E-state index in [4.69, 9.17) is 11.6 Å². The number of sulfonamides is 1. The maximum atomic E-state index is 13.2. The molecule has 0 saturated heterocycles. The quantitative estimate of drug-likeness (QED) is 0.667. The maximum absolute atomic E-state index is 13.2. The number of sulfone groups is 1. The van der Waals surface area contributed by atoms with Crippen LogP contribution in [-0.2, 0) is 37.6 Å². The predicted octanol–water partition coefficient (Wildman–Crippen LogP) is 2.01. The number of benzene rings is 2. The second-order valence-corrected chi connectivity index (χ2v) is 11.7. The number of hydrogen-bond donors (Lipinski definition) is 1. The number of nitrogens with one attached hydrogen (secondary N) is 1. The van der Waals surface area contributed by atoms with Crippen LogP contribution in [0.1, 0.15) is 17.5 Å². The van der Waals surface area contributed by atoms with Gasteiger partial charge in [-0.1, -0.05) is 35.9 Å². The number of nitrogens with zero attached hydrogens (tertiary/aromatic N) is 1. The van der Waals surface area contributed by atoms with Crippen LogP contribution in [0, 0.1) is 0 Å². The Bertz CT molecular complexity index is 1130. The summed E-state index contributed by atoms with van der Waals surface area (Å²) < 4.78 is 51.3. The Balaban J connectivity index is 1.83. The molecular formula is C20H23ClN2O5S2. The van der Waals surface area contributed by atoms with Crippen molar-refractivity contribution in [2.75, 3.05) is 18.6 Å². The molecule has 10 heteroatoms. The Morgan fingerprint density at radius 2 is 1.70 bits per heavy atom. The third kappa shape index (κ3) is 5.81. The van der Waals surface area contributed by atoms with Crippen molar-refractivity contribution in [3.63, 3.8) is 0 Å². The molecule has 1 aliphatic heterocycles. The van der Waals surface area contributed by atoms with Gasteiger partial charge in [-0.3, -0.25) is 4.79 Å². The number of fused-ring (bicyclic) bond motifs is 1. The van der Waals surface area contributed by atoms with Crippen LogP contribution in [0.3, 0.4) is 0 Å². The lowest BCUT2D eigenvalue weighted by molar-refractivity contribution is -0.134. The molecule has 30 heavy (non-hydrogen) atoms. The average molecular weight is 471 g/mol. The first-order valence-electron chi connectivity index (χ1n) is 9.36. The van der Waals surface area contributed by atoms with Gasteiger partial charge in [0.2, 0.25) is 15.9 Å². The fourth-order valence-electron chi connectivity index (χ4n) is 3.34. The molecule has 1 amide bonds. The fraction of sp³-hybridized carbons (Fsp3) is 0.350. The highest BCUT2D eigenvalue weighted by Crippen LogP contribution is 2.21. The summed E-state index contributed by atoms with van der Waals surface area (Å²) in [5, 5.41) is 0.380. The minimum Gasteiger partial charge on any atom is -0.337 e. The van der Waals surface area contributed by atoms with Crippen molar-refractivity contribution in [1.29, 1.82) is 0 Å². The van der Waals surface area contributed by atoms with E-state index in [1.165, 1.54) is 24.3 Å². The van der Waals surface area contributed by atoms with E-state index < -0.39 is 31.8 Å². The lowest BCUT2D eigenvalue weighted by atomic mass is 9.99. The normalized spacial score (nSPS) is 15.5. The van der Waals surface area contributed by atoms with Gasteiger partial charge in [-0.25, -0.2) is 16.8 Å². The van der Waals surface area contributed by atoms with E-state index in [9.17, 15) is 21.6 Å². The van der Waals surface area contributed by atoms with Crippen molar-refractivity contribution in [2.24, 2.45) is 0 Å². The molecule has 0 saturated carbocycles. The van der Waals surface area contributed by atoms with E-state index >= 15 is 0 Å². The zero-order chi connectivity index (χ0) is 21.9. The monoisotopic (exact) mass is 470 g/mol. The molecule has 0 unspecified atom stereocenters. The highest BCUT2D eigenvalue weighted by atomic mass is 35.5. The molecule has 2 aromatic carbocycles. The molecule has 162 valence electrons. The van der Waals surface area contributed by atoms with E-state index in [0.717, 1.165) is 17.4 Å². The Morgan fingerprint density at radius 1 is 1.07 bits per heavy atom. The lowest BCUT2D eigenvalue weighted by Gasteiger charge is -2.32. The molecule has 1 atom stereocenters. The van der Waals surface area contributed by atoms with Gasteiger partial charge in [0.15, 0.2) is 0 Å². The molecule has 0 aliphatic carbocycles. The van der Waals surface area contributed by atoms with Crippen molar-refractivity contribution in [3.8, 4) is 0 Å². The predicted molar refractivity (Wildman–Crippen MR) is 115 cm³/mol. The van der Waals surface area contributed by atoms with E-state index in [-0.39, 0.29) is 17.1 Å². The Kier molecular flexibility index (Phi) is 6.86. The van der Waals surface area contributed by atoms with Gasteiger partial charge in [-0.15, -0.1) is 0 Å². The van der Waals surface area contributed by atoms with Crippen molar-refractivity contribution in [1.82, 2.24) is 9.62 Å². The van der Waals surface area contributed by atoms with E-state index in [0.29, 0.717) is 24.5 Å². The second-order valence-electron chi connectivity index (χ2n) is 7.32. The summed E-state index contributed by atoms with van der Waals surface area (Å²) in [7, 11) is -7.42. The van der Waals surface area contributed by atoms with E-state index in [1.807, 2.05) is 24.3 Å². The molecule has 0 bridgehead atoms. The van der Waals surface area contributed by atoms with Crippen LogP contribution in [-0.4, -0.2) is 52.2 Å². The van der Waals surface area contributed by atoms with Crippen LogP contribution in [0.2, 0.25) is 5.02 Å². The average Bonchev–Trinajstić information content (AvgIpc) is 2.70. The lowest BCUT2D eigenvalue weighted by Crippen LogP contribution is -2.50. The van der Waals surface area contributed by atoms with Crippen LogP contribution >= 0.6 is 11.6 Å². The summed E-state index contributed by atoms with van der Waals surface area (Å²) in [5.74, 6) is -0.748. The Morgan fingerprint density at radius 3 is 2.33 bits per heavy atom. The summed E-state index contributed by atoms with van der Waals surface area (Å²) in [4.78, 5) is 14.7. The van der Waals surface area contributed by atoms with Gasteiger partial charge in [-0.05, 0) is 48.2 Å². The summed E-state index contributed by atoms with van der Waals surface area (Å²) in [6.45, 7) is 0.793. The molecule has 1 aliphatic rings. The van der Waals surface area contributed by atoms with Gasteiger partial charge in [0.05, 0.1) is 10.6 Å². The first-order chi connectivity index (χ1) is 14.0. The number of amides is 1. The summed E-state index contributed by atoms with van der Waals surface area (Å²) in [6, 6.07) is 12.1.